The van der Waals surface area contributed by atoms with E-state index in [4.69, 9.17) is 0 Å². The van der Waals surface area contributed by atoms with Crippen molar-refractivity contribution in [2.75, 3.05) is 26.2 Å². The first-order chi connectivity index (χ1) is 9.32. The SMILES string of the molecule is O=S(=O)(c1ccc(C(F)(F)F)nc1)N1CCCNCC1. The minimum Gasteiger partial charge on any atom is -0.315 e. The van der Waals surface area contributed by atoms with Crippen LogP contribution >= 0.6 is 0 Å². The summed E-state index contributed by atoms with van der Waals surface area (Å²) in [5, 5.41) is 3.06. The highest BCUT2D eigenvalue weighted by molar-refractivity contribution is 7.89. The Kier molecular flexibility index (Phi) is 4.31. The third kappa shape index (κ3) is 3.28. The molecule has 1 fully saturated rings. The number of aromatic nitrogens is 1. The lowest BCUT2D eigenvalue weighted by Crippen LogP contribution is -2.34. The van der Waals surface area contributed by atoms with Crippen molar-refractivity contribution in [1.29, 1.82) is 0 Å². The molecule has 1 aromatic heterocycles. The van der Waals surface area contributed by atoms with Crippen LogP contribution in [0.4, 0.5) is 13.2 Å². The molecule has 0 aliphatic carbocycles. The maximum Gasteiger partial charge on any atom is 0.433 e. The van der Waals surface area contributed by atoms with E-state index in [2.05, 4.69) is 10.3 Å². The van der Waals surface area contributed by atoms with E-state index >= 15 is 0 Å². The van der Waals surface area contributed by atoms with Crippen LogP contribution in [0.25, 0.3) is 0 Å². The number of pyridine rings is 1. The van der Waals surface area contributed by atoms with Crippen molar-refractivity contribution < 1.29 is 21.6 Å². The molecule has 1 aliphatic rings. The molecule has 112 valence electrons. The van der Waals surface area contributed by atoms with Crippen LogP contribution in [0, 0.1) is 0 Å². The van der Waals surface area contributed by atoms with Gasteiger partial charge in [0.25, 0.3) is 0 Å². The second kappa shape index (κ2) is 5.66. The van der Waals surface area contributed by atoms with Gasteiger partial charge < -0.3 is 5.32 Å². The molecule has 5 nitrogen and oxygen atoms in total. The summed E-state index contributed by atoms with van der Waals surface area (Å²) in [6.07, 6.45) is -3.15. The van der Waals surface area contributed by atoms with Crippen molar-refractivity contribution in [1.82, 2.24) is 14.6 Å². The van der Waals surface area contributed by atoms with Crippen LogP contribution in [0.1, 0.15) is 12.1 Å². The maximum absolute atomic E-state index is 12.4. The van der Waals surface area contributed by atoms with Crippen molar-refractivity contribution in [2.24, 2.45) is 0 Å². The highest BCUT2D eigenvalue weighted by Gasteiger charge is 2.33. The van der Waals surface area contributed by atoms with Crippen LogP contribution in [0.5, 0.6) is 0 Å². The predicted molar refractivity (Wildman–Crippen MR) is 65.5 cm³/mol. The fraction of sp³-hybridized carbons (Fsp3) is 0.545. The van der Waals surface area contributed by atoms with E-state index in [1.54, 1.807) is 0 Å². The molecule has 0 aromatic carbocycles. The van der Waals surface area contributed by atoms with E-state index in [-0.39, 0.29) is 4.90 Å². The van der Waals surface area contributed by atoms with E-state index in [0.29, 0.717) is 32.1 Å². The van der Waals surface area contributed by atoms with Gasteiger partial charge in [0.1, 0.15) is 10.6 Å². The second-order valence-corrected chi connectivity index (χ2v) is 6.32. The number of alkyl halides is 3. The van der Waals surface area contributed by atoms with Gasteiger partial charge in [-0.05, 0) is 25.1 Å². The fourth-order valence-electron chi connectivity index (χ4n) is 1.91. The Morgan fingerprint density at radius 2 is 1.95 bits per heavy atom. The van der Waals surface area contributed by atoms with Gasteiger partial charge in [-0.25, -0.2) is 8.42 Å². The quantitative estimate of drug-likeness (QED) is 0.888. The second-order valence-electron chi connectivity index (χ2n) is 4.38. The monoisotopic (exact) mass is 309 g/mol. The van der Waals surface area contributed by atoms with Gasteiger partial charge in [0.2, 0.25) is 10.0 Å². The molecule has 0 amide bonds. The molecule has 2 rings (SSSR count). The summed E-state index contributed by atoms with van der Waals surface area (Å²) >= 11 is 0. The van der Waals surface area contributed by atoms with Crippen LogP contribution in [0.15, 0.2) is 23.2 Å². The van der Waals surface area contributed by atoms with E-state index < -0.39 is 21.9 Å². The first-order valence-corrected chi connectivity index (χ1v) is 7.50. The summed E-state index contributed by atoms with van der Waals surface area (Å²) in [6, 6.07) is 1.63. The Labute approximate surface area is 114 Å². The first-order valence-electron chi connectivity index (χ1n) is 6.06. The minimum atomic E-state index is -4.57. The molecule has 0 atom stereocenters. The molecule has 0 spiro atoms. The molecule has 0 saturated carbocycles. The number of halogens is 3. The summed E-state index contributed by atoms with van der Waals surface area (Å²) in [7, 11) is -3.78. The standard InChI is InChI=1S/C11H14F3N3O2S/c12-11(13,14)10-3-2-9(8-16-10)20(18,19)17-6-1-4-15-5-7-17/h2-3,8,15H,1,4-7H2. The van der Waals surface area contributed by atoms with Crippen molar-refractivity contribution in [3.05, 3.63) is 24.0 Å². The van der Waals surface area contributed by atoms with Gasteiger partial charge in [-0.1, -0.05) is 0 Å². The largest absolute Gasteiger partial charge is 0.433 e. The highest BCUT2D eigenvalue weighted by atomic mass is 32.2. The van der Waals surface area contributed by atoms with Gasteiger partial charge in [-0.3, -0.25) is 4.98 Å². The zero-order valence-electron chi connectivity index (χ0n) is 10.5. The zero-order chi connectivity index (χ0) is 14.8. The van der Waals surface area contributed by atoms with Crippen molar-refractivity contribution in [2.45, 2.75) is 17.5 Å². The average molecular weight is 309 g/mol. The summed E-state index contributed by atoms with van der Waals surface area (Å²) in [5.74, 6) is 0. The summed E-state index contributed by atoms with van der Waals surface area (Å²) in [6.45, 7) is 1.88. The van der Waals surface area contributed by atoms with Crippen LogP contribution in [0.3, 0.4) is 0 Å². The molecule has 20 heavy (non-hydrogen) atoms. The van der Waals surface area contributed by atoms with Crippen molar-refractivity contribution in [3.8, 4) is 0 Å². The summed E-state index contributed by atoms with van der Waals surface area (Å²) < 4.78 is 63.0. The fourth-order valence-corrected chi connectivity index (χ4v) is 3.34. The molecule has 1 aliphatic heterocycles. The summed E-state index contributed by atoms with van der Waals surface area (Å²) in [4.78, 5) is 2.97. The molecule has 0 radical (unpaired) electrons. The molecule has 2 heterocycles. The molecule has 1 N–H and O–H groups in total. The van der Waals surface area contributed by atoms with Crippen LogP contribution < -0.4 is 5.32 Å². The predicted octanol–water partition coefficient (Wildman–Crippen LogP) is 1.08. The Morgan fingerprint density at radius 1 is 1.20 bits per heavy atom. The Morgan fingerprint density at radius 3 is 2.55 bits per heavy atom. The van der Waals surface area contributed by atoms with Crippen LogP contribution in [-0.2, 0) is 16.2 Å². The number of nitrogens with one attached hydrogen (secondary N) is 1. The van der Waals surface area contributed by atoms with Crippen LogP contribution in [0.2, 0.25) is 0 Å². The minimum absolute atomic E-state index is 0.215. The topological polar surface area (TPSA) is 62.3 Å². The van der Waals surface area contributed by atoms with Gasteiger partial charge in [-0.2, -0.15) is 17.5 Å². The Bertz CT molecular complexity index is 549. The smallest absolute Gasteiger partial charge is 0.315 e. The number of hydrogen-bond acceptors (Lipinski definition) is 4. The molecular formula is C11H14F3N3O2S. The molecule has 0 bridgehead atoms. The molecular weight excluding hydrogens is 295 g/mol. The summed E-state index contributed by atoms with van der Waals surface area (Å²) in [5.41, 5.74) is -1.10. The van der Waals surface area contributed by atoms with Crippen LogP contribution in [-0.4, -0.2) is 43.9 Å². The van der Waals surface area contributed by atoms with E-state index in [9.17, 15) is 21.6 Å². The van der Waals surface area contributed by atoms with E-state index in [1.165, 1.54) is 4.31 Å². The Balaban J connectivity index is 2.25. The third-order valence-electron chi connectivity index (χ3n) is 2.96. The lowest BCUT2D eigenvalue weighted by molar-refractivity contribution is -0.141. The average Bonchev–Trinajstić information content (AvgIpc) is 2.67. The van der Waals surface area contributed by atoms with E-state index in [0.717, 1.165) is 18.8 Å². The molecule has 1 saturated heterocycles. The lowest BCUT2D eigenvalue weighted by atomic mass is 10.3. The zero-order valence-corrected chi connectivity index (χ0v) is 11.3. The number of nitrogens with zero attached hydrogens (tertiary/aromatic N) is 2. The third-order valence-corrected chi connectivity index (χ3v) is 4.85. The van der Waals surface area contributed by atoms with Gasteiger partial charge in [-0.15, -0.1) is 0 Å². The maximum atomic E-state index is 12.4. The van der Waals surface area contributed by atoms with Gasteiger partial charge in [0, 0.05) is 25.8 Å². The Hall–Kier alpha value is -1.19. The van der Waals surface area contributed by atoms with E-state index in [1.807, 2.05) is 0 Å². The van der Waals surface area contributed by atoms with Gasteiger partial charge in [0.15, 0.2) is 0 Å². The lowest BCUT2D eigenvalue weighted by Gasteiger charge is -2.19. The van der Waals surface area contributed by atoms with Crippen molar-refractivity contribution >= 4 is 10.0 Å². The normalized spacial score (nSPS) is 18.8. The number of sulfonamides is 1. The molecule has 0 unspecified atom stereocenters. The molecule has 1 aromatic rings. The van der Waals surface area contributed by atoms with Gasteiger partial charge in [0.05, 0.1) is 0 Å². The molecule has 9 heteroatoms. The number of hydrogen-bond donors (Lipinski definition) is 1. The van der Waals surface area contributed by atoms with Gasteiger partial charge >= 0.3 is 6.18 Å². The highest BCUT2D eigenvalue weighted by Crippen LogP contribution is 2.28. The van der Waals surface area contributed by atoms with Crippen molar-refractivity contribution in [3.63, 3.8) is 0 Å². The number of rotatable bonds is 2. The first kappa shape index (κ1) is 15.2.